The number of carbonyl (C=O) groups excluding carboxylic acids is 2. The Labute approximate surface area is 60.0 Å². The standard InChI is InChI=1S/C7H11NO2/c9-6-8-4-1-2-7(10)3-5-8/h6H,1-5H2. The summed E-state index contributed by atoms with van der Waals surface area (Å²) in [6.07, 6.45) is 2.83. The highest BCUT2D eigenvalue weighted by Gasteiger charge is 2.11. The lowest BCUT2D eigenvalue weighted by molar-refractivity contribution is -0.119. The highest BCUT2D eigenvalue weighted by molar-refractivity contribution is 5.79. The average Bonchev–Trinajstić information content (AvgIpc) is 2.14. The summed E-state index contributed by atoms with van der Waals surface area (Å²) in [5.41, 5.74) is 0. The van der Waals surface area contributed by atoms with Gasteiger partial charge in [0, 0.05) is 25.9 Å². The van der Waals surface area contributed by atoms with Crippen LogP contribution in [0.3, 0.4) is 0 Å². The minimum Gasteiger partial charge on any atom is -0.345 e. The van der Waals surface area contributed by atoms with Crippen molar-refractivity contribution in [3.63, 3.8) is 0 Å². The summed E-state index contributed by atoms with van der Waals surface area (Å²) >= 11 is 0. The zero-order valence-corrected chi connectivity index (χ0v) is 5.88. The maximum Gasteiger partial charge on any atom is 0.209 e. The van der Waals surface area contributed by atoms with Crippen molar-refractivity contribution in [1.82, 2.24) is 4.90 Å². The largest absolute Gasteiger partial charge is 0.345 e. The van der Waals surface area contributed by atoms with Gasteiger partial charge in [-0.3, -0.25) is 9.59 Å². The molecule has 10 heavy (non-hydrogen) atoms. The van der Waals surface area contributed by atoms with E-state index in [0.717, 1.165) is 19.4 Å². The summed E-state index contributed by atoms with van der Waals surface area (Å²) in [6, 6.07) is 0. The molecule has 0 unspecified atom stereocenters. The van der Waals surface area contributed by atoms with E-state index in [1.807, 2.05) is 0 Å². The Hall–Kier alpha value is -0.860. The zero-order chi connectivity index (χ0) is 7.40. The molecular formula is C7H11NO2. The van der Waals surface area contributed by atoms with Gasteiger partial charge in [-0.05, 0) is 6.42 Å². The first-order valence-electron chi connectivity index (χ1n) is 3.54. The molecule has 0 bridgehead atoms. The SMILES string of the molecule is O=CN1CCCC(=O)CC1. The Bertz CT molecular complexity index is 145. The second kappa shape index (κ2) is 3.34. The second-order valence-electron chi connectivity index (χ2n) is 2.53. The van der Waals surface area contributed by atoms with Crippen LogP contribution in [0.1, 0.15) is 19.3 Å². The predicted octanol–water partition coefficient (Wildman–Crippen LogP) is 0.198. The molecule has 1 saturated heterocycles. The van der Waals surface area contributed by atoms with E-state index in [1.54, 1.807) is 4.90 Å². The molecule has 0 saturated carbocycles. The summed E-state index contributed by atoms with van der Waals surface area (Å²) in [5.74, 6) is 0.282. The van der Waals surface area contributed by atoms with Gasteiger partial charge in [-0.25, -0.2) is 0 Å². The number of hydrogen-bond acceptors (Lipinski definition) is 2. The van der Waals surface area contributed by atoms with Crippen molar-refractivity contribution in [3.8, 4) is 0 Å². The minimum atomic E-state index is 0.282. The van der Waals surface area contributed by atoms with Gasteiger partial charge in [-0.1, -0.05) is 0 Å². The van der Waals surface area contributed by atoms with Crippen molar-refractivity contribution >= 4 is 12.2 Å². The third-order valence-corrected chi connectivity index (χ3v) is 1.73. The molecule has 3 nitrogen and oxygen atoms in total. The van der Waals surface area contributed by atoms with Crippen molar-refractivity contribution in [2.75, 3.05) is 13.1 Å². The highest BCUT2D eigenvalue weighted by atomic mass is 16.1. The molecule has 1 aliphatic rings. The van der Waals surface area contributed by atoms with Crippen molar-refractivity contribution in [2.45, 2.75) is 19.3 Å². The monoisotopic (exact) mass is 141 g/mol. The van der Waals surface area contributed by atoms with Gasteiger partial charge in [0.05, 0.1) is 0 Å². The second-order valence-corrected chi connectivity index (χ2v) is 2.53. The van der Waals surface area contributed by atoms with Crippen molar-refractivity contribution in [1.29, 1.82) is 0 Å². The number of rotatable bonds is 1. The Morgan fingerprint density at radius 1 is 1.30 bits per heavy atom. The van der Waals surface area contributed by atoms with Crippen LogP contribution in [0.5, 0.6) is 0 Å². The van der Waals surface area contributed by atoms with Crippen molar-refractivity contribution < 1.29 is 9.59 Å². The minimum absolute atomic E-state index is 0.282. The van der Waals surface area contributed by atoms with Crippen molar-refractivity contribution in [3.05, 3.63) is 0 Å². The van der Waals surface area contributed by atoms with E-state index in [-0.39, 0.29) is 5.78 Å². The van der Waals surface area contributed by atoms with Crippen LogP contribution in [0.4, 0.5) is 0 Å². The highest BCUT2D eigenvalue weighted by Crippen LogP contribution is 2.03. The van der Waals surface area contributed by atoms with Crippen LogP contribution < -0.4 is 0 Å². The first kappa shape index (κ1) is 7.25. The molecule has 0 radical (unpaired) electrons. The first-order chi connectivity index (χ1) is 4.83. The summed E-state index contributed by atoms with van der Waals surface area (Å²) in [6.45, 7) is 1.36. The van der Waals surface area contributed by atoms with Crippen LogP contribution in [0.25, 0.3) is 0 Å². The zero-order valence-electron chi connectivity index (χ0n) is 5.88. The van der Waals surface area contributed by atoms with Gasteiger partial charge < -0.3 is 4.90 Å². The lowest BCUT2D eigenvalue weighted by atomic mass is 10.2. The molecule has 1 heterocycles. The molecule has 0 N–H and O–H groups in total. The topological polar surface area (TPSA) is 37.4 Å². The van der Waals surface area contributed by atoms with Gasteiger partial charge in [0.25, 0.3) is 0 Å². The molecule has 1 amide bonds. The Balaban J connectivity index is 2.40. The smallest absolute Gasteiger partial charge is 0.209 e. The van der Waals surface area contributed by atoms with E-state index < -0.39 is 0 Å². The maximum absolute atomic E-state index is 10.8. The molecular weight excluding hydrogens is 130 g/mol. The number of carbonyl (C=O) groups is 2. The molecule has 3 heteroatoms. The quantitative estimate of drug-likeness (QED) is 0.489. The number of nitrogens with zero attached hydrogens (tertiary/aromatic N) is 1. The summed E-state index contributed by atoms with van der Waals surface area (Å²) in [4.78, 5) is 22.7. The third kappa shape index (κ3) is 1.83. The Kier molecular flexibility index (Phi) is 2.42. The van der Waals surface area contributed by atoms with Crippen LogP contribution in [0.2, 0.25) is 0 Å². The number of Topliss-reactive ketones (excluding diaryl/α,β-unsaturated/α-hetero) is 1. The molecule has 0 aromatic heterocycles. The van der Waals surface area contributed by atoms with Gasteiger partial charge in [0.15, 0.2) is 0 Å². The lowest BCUT2D eigenvalue weighted by Crippen LogP contribution is -2.22. The molecule has 0 aromatic rings. The maximum atomic E-state index is 10.8. The fourth-order valence-electron chi connectivity index (χ4n) is 1.09. The van der Waals surface area contributed by atoms with E-state index in [9.17, 15) is 9.59 Å². The van der Waals surface area contributed by atoms with E-state index in [1.165, 1.54) is 0 Å². The number of likely N-dealkylation sites (tertiary alicyclic amines) is 1. The normalized spacial score (nSPS) is 20.4. The Morgan fingerprint density at radius 3 is 2.80 bits per heavy atom. The fraction of sp³-hybridized carbons (Fsp3) is 0.714. The summed E-state index contributed by atoms with van der Waals surface area (Å²) in [5, 5.41) is 0. The summed E-state index contributed by atoms with van der Waals surface area (Å²) < 4.78 is 0. The number of hydrogen-bond donors (Lipinski definition) is 0. The summed E-state index contributed by atoms with van der Waals surface area (Å²) in [7, 11) is 0. The van der Waals surface area contributed by atoms with Gasteiger partial charge in [-0.2, -0.15) is 0 Å². The first-order valence-corrected chi connectivity index (χ1v) is 3.54. The Morgan fingerprint density at radius 2 is 2.10 bits per heavy atom. The van der Waals surface area contributed by atoms with Crippen LogP contribution >= 0.6 is 0 Å². The molecule has 56 valence electrons. The van der Waals surface area contributed by atoms with E-state index in [0.29, 0.717) is 19.4 Å². The third-order valence-electron chi connectivity index (χ3n) is 1.73. The van der Waals surface area contributed by atoms with Gasteiger partial charge >= 0.3 is 0 Å². The van der Waals surface area contributed by atoms with E-state index in [2.05, 4.69) is 0 Å². The molecule has 0 aliphatic carbocycles. The average molecular weight is 141 g/mol. The molecule has 1 rings (SSSR count). The lowest BCUT2D eigenvalue weighted by Gasteiger charge is -2.11. The van der Waals surface area contributed by atoms with Crippen LogP contribution in [-0.4, -0.2) is 30.2 Å². The van der Waals surface area contributed by atoms with Crippen LogP contribution in [0, 0.1) is 0 Å². The van der Waals surface area contributed by atoms with Crippen LogP contribution in [0.15, 0.2) is 0 Å². The molecule has 0 atom stereocenters. The molecule has 1 aliphatic heterocycles. The van der Waals surface area contributed by atoms with Gasteiger partial charge in [0.2, 0.25) is 6.41 Å². The van der Waals surface area contributed by atoms with Gasteiger partial charge in [-0.15, -0.1) is 0 Å². The van der Waals surface area contributed by atoms with Gasteiger partial charge in [0.1, 0.15) is 5.78 Å². The predicted molar refractivity (Wildman–Crippen MR) is 36.5 cm³/mol. The molecule has 1 fully saturated rings. The molecule has 0 aromatic carbocycles. The fourth-order valence-corrected chi connectivity index (χ4v) is 1.09. The molecule has 0 spiro atoms. The van der Waals surface area contributed by atoms with Crippen LogP contribution in [-0.2, 0) is 9.59 Å². The van der Waals surface area contributed by atoms with Crippen molar-refractivity contribution in [2.24, 2.45) is 0 Å². The number of amides is 1. The van der Waals surface area contributed by atoms with E-state index >= 15 is 0 Å². The van der Waals surface area contributed by atoms with E-state index in [4.69, 9.17) is 0 Å². The number of ketones is 1.